The molecule has 0 saturated carbocycles. The van der Waals surface area contributed by atoms with Gasteiger partial charge in [-0.25, -0.2) is 0 Å². The van der Waals surface area contributed by atoms with Gasteiger partial charge in [0.25, 0.3) is 23.6 Å². The summed E-state index contributed by atoms with van der Waals surface area (Å²) < 4.78 is 2.45. The van der Waals surface area contributed by atoms with Crippen LogP contribution in [0.5, 0.6) is 0 Å². The zero-order valence-corrected chi connectivity index (χ0v) is 27.5. The Morgan fingerprint density at radius 2 is 0.783 bits per heavy atom. The quantitative estimate of drug-likeness (QED) is 0.175. The SMILES string of the molecule is CN1C(=O)c2ccc(-c3ccc(-c4cc5cc6sc(-c7ccc(-c8ccc9c(c8)C(=O)N(C)C9=O)s7)cc6cc5s4)s3)cc2C1=O. The molecule has 2 aliphatic heterocycles. The standard InChI is InChI=1S/C36H20N2O4S4/c1-37-33(39)21-5-3-17(11-23(21)35(37)41)25-7-9-27(43-25)31-15-19-13-30-20(14-29(19)45-31)16-32(46-30)28-10-8-26(44-28)18-4-6-22-24(12-18)36(42)38(2)34(22)40/h3-16H,1-2H3. The van der Waals surface area contributed by atoms with Crippen molar-refractivity contribution in [2.75, 3.05) is 14.1 Å². The zero-order valence-electron chi connectivity index (χ0n) is 24.2. The predicted molar refractivity (Wildman–Crippen MR) is 188 cm³/mol. The number of benzene rings is 3. The largest absolute Gasteiger partial charge is 0.277 e. The molecular weight excluding hydrogens is 653 g/mol. The maximum absolute atomic E-state index is 12.5. The maximum Gasteiger partial charge on any atom is 0.261 e. The Hall–Kier alpha value is -4.74. The van der Waals surface area contributed by atoms with E-state index in [0.717, 1.165) is 30.6 Å². The number of carbonyl (C=O) groups is 4. The van der Waals surface area contributed by atoms with Gasteiger partial charge in [0.2, 0.25) is 0 Å². The van der Waals surface area contributed by atoms with Crippen molar-refractivity contribution in [1.29, 1.82) is 0 Å². The summed E-state index contributed by atoms with van der Waals surface area (Å²) in [4.78, 5) is 58.7. The van der Waals surface area contributed by atoms with E-state index in [2.05, 4.69) is 48.5 Å². The molecule has 0 saturated heterocycles. The second kappa shape index (κ2) is 9.88. The average molecular weight is 673 g/mol. The molecule has 0 unspecified atom stereocenters. The van der Waals surface area contributed by atoms with Crippen LogP contribution >= 0.6 is 45.3 Å². The molecule has 7 aromatic rings. The van der Waals surface area contributed by atoms with Crippen LogP contribution in [0.2, 0.25) is 0 Å². The Bertz CT molecular complexity index is 2290. The average Bonchev–Trinajstić information content (AvgIpc) is 3.92. The Morgan fingerprint density at radius 1 is 0.391 bits per heavy atom. The number of carbonyl (C=O) groups excluding carboxylic acids is 4. The third-order valence-electron chi connectivity index (χ3n) is 8.60. The van der Waals surface area contributed by atoms with E-state index in [1.807, 2.05) is 24.3 Å². The van der Waals surface area contributed by atoms with Gasteiger partial charge in [0, 0.05) is 52.8 Å². The Labute approximate surface area is 278 Å². The van der Waals surface area contributed by atoms with Crippen LogP contribution in [0, 0.1) is 0 Å². The number of rotatable bonds is 4. The van der Waals surface area contributed by atoms with E-state index < -0.39 is 0 Å². The molecule has 9 rings (SSSR count). The first-order chi connectivity index (χ1) is 22.2. The van der Waals surface area contributed by atoms with Gasteiger partial charge >= 0.3 is 0 Å². The van der Waals surface area contributed by atoms with Crippen LogP contribution in [0.15, 0.2) is 84.9 Å². The van der Waals surface area contributed by atoms with Crippen molar-refractivity contribution in [1.82, 2.24) is 9.80 Å². The normalized spacial score (nSPS) is 14.4. The Balaban J connectivity index is 0.996. The number of imide groups is 2. The van der Waals surface area contributed by atoms with Crippen LogP contribution in [0.25, 0.3) is 60.6 Å². The van der Waals surface area contributed by atoms with Gasteiger partial charge in [-0.3, -0.25) is 29.0 Å². The number of hydrogen-bond acceptors (Lipinski definition) is 8. The van der Waals surface area contributed by atoms with Crippen molar-refractivity contribution < 1.29 is 19.2 Å². The molecular formula is C36H20N2O4S4. The summed E-state index contributed by atoms with van der Waals surface area (Å²) in [7, 11) is 3.04. The van der Waals surface area contributed by atoms with E-state index in [1.165, 1.54) is 53.8 Å². The molecule has 4 aromatic heterocycles. The van der Waals surface area contributed by atoms with E-state index in [4.69, 9.17) is 0 Å². The molecule has 6 heterocycles. The summed E-state index contributed by atoms with van der Waals surface area (Å²) in [6.07, 6.45) is 0. The lowest BCUT2D eigenvalue weighted by molar-refractivity contribution is 0.0678. The first-order valence-electron chi connectivity index (χ1n) is 14.3. The van der Waals surface area contributed by atoms with Gasteiger partial charge in [0.05, 0.1) is 22.3 Å². The fraction of sp³-hybridized carbons (Fsp3) is 0.0556. The molecule has 0 spiro atoms. The summed E-state index contributed by atoms with van der Waals surface area (Å²) in [6, 6.07) is 28.4. The highest BCUT2D eigenvalue weighted by atomic mass is 32.1. The van der Waals surface area contributed by atoms with E-state index >= 15 is 0 Å². The topological polar surface area (TPSA) is 74.8 Å². The minimum atomic E-state index is -0.255. The number of amides is 4. The molecule has 6 nitrogen and oxygen atoms in total. The van der Waals surface area contributed by atoms with Crippen molar-refractivity contribution in [3.63, 3.8) is 0 Å². The Morgan fingerprint density at radius 3 is 1.22 bits per heavy atom. The van der Waals surface area contributed by atoms with Crippen LogP contribution in [-0.2, 0) is 0 Å². The van der Waals surface area contributed by atoms with Crippen molar-refractivity contribution >= 4 is 89.1 Å². The van der Waals surface area contributed by atoms with Crippen molar-refractivity contribution in [3.05, 3.63) is 107 Å². The fourth-order valence-electron chi connectivity index (χ4n) is 6.09. The molecule has 4 amide bonds. The fourth-order valence-corrected chi connectivity index (χ4v) is 10.4. The first kappa shape index (κ1) is 27.6. The second-order valence-corrected chi connectivity index (χ2v) is 15.7. The van der Waals surface area contributed by atoms with Crippen LogP contribution in [0.1, 0.15) is 41.4 Å². The van der Waals surface area contributed by atoms with Crippen LogP contribution in [0.3, 0.4) is 0 Å². The second-order valence-electron chi connectivity index (χ2n) is 11.3. The van der Waals surface area contributed by atoms with Gasteiger partial charge in [0.1, 0.15) is 0 Å². The number of nitrogens with zero attached hydrogens (tertiary/aromatic N) is 2. The lowest BCUT2D eigenvalue weighted by Crippen LogP contribution is -2.24. The maximum atomic E-state index is 12.5. The molecule has 10 heteroatoms. The van der Waals surface area contributed by atoms with E-state index in [-0.39, 0.29) is 23.6 Å². The third kappa shape index (κ3) is 4.04. The minimum Gasteiger partial charge on any atom is -0.277 e. The van der Waals surface area contributed by atoms with Gasteiger partial charge in [0.15, 0.2) is 0 Å². The van der Waals surface area contributed by atoms with Crippen LogP contribution in [-0.4, -0.2) is 47.5 Å². The van der Waals surface area contributed by atoms with Gasteiger partial charge in [-0.2, -0.15) is 0 Å². The lowest BCUT2D eigenvalue weighted by Gasteiger charge is -2.02. The van der Waals surface area contributed by atoms with Gasteiger partial charge in [-0.1, -0.05) is 12.1 Å². The van der Waals surface area contributed by atoms with Crippen LogP contribution in [0.4, 0.5) is 0 Å². The number of fused-ring (bicyclic) bond motifs is 4. The number of hydrogen-bond donors (Lipinski definition) is 0. The molecule has 0 atom stereocenters. The molecule has 3 aromatic carbocycles. The van der Waals surface area contributed by atoms with Crippen molar-refractivity contribution in [2.24, 2.45) is 0 Å². The summed E-state index contributed by atoms with van der Waals surface area (Å²) in [5.74, 6) is -1.02. The molecule has 46 heavy (non-hydrogen) atoms. The van der Waals surface area contributed by atoms with Gasteiger partial charge < -0.3 is 0 Å². The highest BCUT2D eigenvalue weighted by Gasteiger charge is 2.34. The van der Waals surface area contributed by atoms with E-state index in [1.54, 1.807) is 57.5 Å². The number of thiophene rings is 4. The van der Waals surface area contributed by atoms with Crippen molar-refractivity contribution in [3.8, 4) is 40.4 Å². The molecule has 222 valence electrons. The zero-order chi connectivity index (χ0) is 31.4. The van der Waals surface area contributed by atoms with Crippen molar-refractivity contribution in [2.45, 2.75) is 0 Å². The van der Waals surface area contributed by atoms with Crippen LogP contribution < -0.4 is 0 Å². The highest BCUT2D eigenvalue weighted by Crippen LogP contribution is 2.45. The Kier molecular flexibility index (Phi) is 5.92. The summed E-state index contributed by atoms with van der Waals surface area (Å²) >= 11 is 6.90. The monoisotopic (exact) mass is 672 g/mol. The molecule has 0 N–H and O–H groups in total. The first-order valence-corrected chi connectivity index (χ1v) is 17.6. The molecule has 0 radical (unpaired) electrons. The van der Waals surface area contributed by atoms with E-state index in [0.29, 0.717) is 22.3 Å². The molecule has 0 bridgehead atoms. The highest BCUT2D eigenvalue weighted by molar-refractivity contribution is 7.28. The van der Waals surface area contributed by atoms with E-state index in [9.17, 15) is 19.2 Å². The molecule has 0 aliphatic carbocycles. The summed E-state index contributed by atoms with van der Waals surface area (Å²) in [5, 5.41) is 2.41. The summed E-state index contributed by atoms with van der Waals surface area (Å²) in [5.41, 5.74) is 3.72. The van der Waals surface area contributed by atoms with Gasteiger partial charge in [-0.05, 0) is 94.7 Å². The predicted octanol–water partition coefficient (Wildman–Crippen LogP) is 9.36. The lowest BCUT2D eigenvalue weighted by atomic mass is 10.0. The third-order valence-corrected chi connectivity index (χ3v) is 13.5. The minimum absolute atomic E-state index is 0.252. The molecule has 2 aliphatic rings. The van der Waals surface area contributed by atoms with Gasteiger partial charge in [-0.15, -0.1) is 45.3 Å². The molecule has 0 fully saturated rings. The smallest absolute Gasteiger partial charge is 0.261 e. The summed E-state index contributed by atoms with van der Waals surface area (Å²) in [6.45, 7) is 0.